The summed E-state index contributed by atoms with van der Waals surface area (Å²) >= 11 is 0. The van der Waals surface area contributed by atoms with Crippen molar-refractivity contribution in [3.8, 4) is 0 Å². The van der Waals surface area contributed by atoms with Crippen LogP contribution in [-0.4, -0.2) is 65.9 Å². The maximum Gasteiger partial charge on any atom is 0.335 e. The largest absolute Gasteiger partial charge is 0.371 e. The zero-order valence-corrected chi connectivity index (χ0v) is 17.1. The lowest BCUT2D eigenvalue weighted by atomic mass is 10.1. The second-order valence-electron chi connectivity index (χ2n) is 8.16. The summed E-state index contributed by atoms with van der Waals surface area (Å²) in [6.07, 6.45) is 3.68. The lowest BCUT2D eigenvalue weighted by Gasteiger charge is -2.32. The Morgan fingerprint density at radius 3 is 2.29 bits per heavy atom. The molecule has 0 radical (unpaired) electrons. The summed E-state index contributed by atoms with van der Waals surface area (Å²) in [4.78, 5) is 43.4. The molecule has 2 fully saturated rings. The van der Waals surface area contributed by atoms with Crippen LogP contribution in [-0.2, 0) is 16.1 Å². The zero-order chi connectivity index (χ0) is 20.3. The van der Waals surface area contributed by atoms with E-state index in [0.717, 1.165) is 28.5 Å². The third-order valence-electron chi connectivity index (χ3n) is 5.19. The first-order valence-corrected chi connectivity index (χ1v) is 10.1. The van der Waals surface area contributed by atoms with Gasteiger partial charge >= 0.3 is 17.8 Å². The lowest BCUT2D eigenvalue weighted by molar-refractivity contribution is -0.144. The van der Waals surface area contributed by atoms with Gasteiger partial charge in [-0.3, -0.25) is 19.4 Å². The zero-order valence-electron chi connectivity index (χ0n) is 17.1. The minimum Gasteiger partial charge on any atom is -0.371 e. The van der Waals surface area contributed by atoms with Crippen molar-refractivity contribution in [3.05, 3.63) is 29.8 Å². The molecule has 0 N–H and O–H groups in total. The molecule has 0 spiro atoms. The van der Waals surface area contributed by atoms with Gasteiger partial charge in [-0.05, 0) is 43.9 Å². The number of amides is 4. The van der Waals surface area contributed by atoms with Crippen molar-refractivity contribution in [2.75, 3.05) is 38.3 Å². The van der Waals surface area contributed by atoms with E-state index in [0.29, 0.717) is 6.54 Å². The molecule has 7 nitrogen and oxygen atoms in total. The second kappa shape index (κ2) is 8.73. The molecule has 28 heavy (non-hydrogen) atoms. The number of hydrogen-bond acceptors (Lipinski definition) is 5. The molecule has 2 aliphatic rings. The van der Waals surface area contributed by atoms with E-state index in [1.165, 1.54) is 24.9 Å². The summed E-state index contributed by atoms with van der Waals surface area (Å²) in [5.74, 6) is -1.34. The third-order valence-corrected chi connectivity index (χ3v) is 5.19. The maximum absolute atomic E-state index is 12.5. The number of piperidine rings is 1. The monoisotopic (exact) mass is 386 g/mol. The van der Waals surface area contributed by atoms with Crippen LogP contribution in [0.15, 0.2) is 24.3 Å². The SMILES string of the molecule is CC(C)CN1C(=O)C(=O)N(CN(C)Cc2ccccc2N2CCCCC2)C1=O. The summed E-state index contributed by atoms with van der Waals surface area (Å²) < 4.78 is 0. The fraction of sp³-hybridized carbons (Fsp3) is 0.571. The van der Waals surface area contributed by atoms with Gasteiger partial charge in [-0.25, -0.2) is 9.69 Å². The molecule has 7 heteroatoms. The van der Waals surface area contributed by atoms with Crippen molar-refractivity contribution >= 4 is 23.5 Å². The van der Waals surface area contributed by atoms with E-state index < -0.39 is 17.8 Å². The summed E-state index contributed by atoms with van der Waals surface area (Å²) in [5, 5.41) is 0. The van der Waals surface area contributed by atoms with Crippen LogP contribution in [0.5, 0.6) is 0 Å². The van der Waals surface area contributed by atoms with Crippen LogP contribution in [0.4, 0.5) is 10.5 Å². The molecular formula is C21H30N4O3. The Kier molecular flexibility index (Phi) is 6.34. The Bertz CT molecular complexity index is 743. The number of imide groups is 2. The molecular weight excluding hydrogens is 356 g/mol. The van der Waals surface area contributed by atoms with Crippen LogP contribution >= 0.6 is 0 Å². The fourth-order valence-electron chi connectivity index (χ4n) is 3.87. The van der Waals surface area contributed by atoms with Gasteiger partial charge in [-0.2, -0.15) is 0 Å². The number of para-hydroxylation sites is 1. The second-order valence-corrected chi connectivity index (χ2v) is 8.16. The highest BCUT2D eigenvalue weighted by Crippen LogP contribution is 2.25. The van der Waals surface area contributed by atoms with Gasteiger partial charge < -0.3 is 4.90 Å². The first-order chi connectivity index (χ1) is 13.4. The minimum atomic E-state index is -0.734. The number of carbonyl (C=O) groups excluding carboxylic acids is 3. The van der Waals surface area contributed by atoms with Gasteiger partial charge in [-0.15, -0.1) is 0 Å². The molecule has 2 heterocycles. The van der Waals surface area contributed by atoms with Gasteiger partial charge in [0, 0.05) is 31.9 Å². The van der Waals surface area contributed by atoms with Crippen LogP contribution in [0, 0.1) is 5.92 Å². The van der Waals surface area contributed by atoms with Crippen molar-refractivity contribution in [2.45, 2.75) is 39.7 Å². The number of carbonyl (C=O) groups is 3. The molecule has 0 unspecified atom stereocenters. The third kappa shape index (κ3) is 4.35. The molecule has 3 rings (SSSR count). The molecule has 0 bridgehead atoms. The highest BCUT2D eigenvalue weighted by molar-refractivity contribution is 6.44. The van der Waals surface area contributed by atoms with E-state index >= 15 is 0 Å². The quantitative estimate of drug-likeness (QED) is 0.532. The van der Waals surface area contributed by atoms with E-state index in [1.54, 1.807) is 0 Å². The standard InChI is InChI=1S/C21H30N4O3/c1-16(2)13-24-19(26)20(27)25(21(24)28)15-22(3)14-17-9-5-6-10-18(17)23-11-7-4-8-12-23/h5-6,9-10,16H,4,7-8,11-15H2,1-3H3. The smallest absolute Gasteiger partial charge is 0.335 e. The summed E-state index contributed by atoms with van der Waals surface area (Å²) in [5.41, 5.74) is 2.38. The Morgan fingerprint density at radius 1 is 0.964 bits per heavy atom. The lowest BCUT2D eigenvalue weighted by Crippen LogP contribution is -2.41. The molecule has 2 saturated heterocycles. The summed E-state index contributed by atoms with van der Waals surface area (Å²) in [6.45, 7) is 6.91. The number of nitrogens with zero attached hydrogens (tertiary/aromatic N) is 4. The normalized spacial score (nSPS) is 18.2. The first-order valence-electron chi connectivity index (χ1n) is 10.1. The van der Waals surface area contributed by atoms with Crippen molar-refractivity contribution < 1.29 is 14.4 Å². The predicted molar refractivity (Wildman–Crippen MR) is 108 cm³/mol. The van der Waals surface area contributed by atoms with Crippen molar-refractivity contribution in [3.63, 3.8) is 0 Å². The maximum atomic E-state index is 12.5. The van der Waals surface area contributed by atoms with Crippen molar-refractivity contribution in [1.29, 1.82) is 0 Å². The van der Waals surface area contributed by atoms with E-state index in [4.69, 9.17) is 0 Å². The average Bonchev–Trinajstić information content (AvgIpc) is 2.87. The number of urea groups is 1. The topological polar surface area (TPSA) is 64.2 Å². The van der Waals surface area contributed by atoms with Crippen molar-refractivity contribution in [1.82, 2.24) is 14.7 Å². The van der Waals surface area contributed by atoms with Crippen LogP contribution in [0.1, 0.15) is 38.7 Å². The molecule has 0 aliphatic carbocycles. The number of hydrogen-bond donors (Lipinski definition) is 0. The summed E-state index contributed by atoms with van der Waals surface area (Å²) in [6, 6.07) is 7.76. The van der Waals surface area contributed by atoms with Gasteiger partial charge in [0.2, 0.25) is 0 Å². The summed E-state index contributed by atoms with van der Waals surface area (Å²) in [7, 11) is 1.86. The van der Waals surface area contributed by atoms with Gasteiger partial charge in [0.25, 0.3) is 0 Å². The van der Waals surface area contributed by atoms with Crippen LogP contribution < -0.4 is 4.90 Å². The van der Waals surface area contributed by atoms with Crippen LogP contribution in [0.25, 0.3) is 0 Å². The Balaban J connectivity index is 1.68. The van der Waals surface area contributed by atoms with Crippen LogP contribution in [0.2, 0.25) is 0 Å². The predicted octanol–water partition coefficient (Wildman–Crippen LogP) is 2.51. The van der Waals surface area contributed by atoms with Gasteiger partial charge in [0.1, 0.15) is 0 Å². The highest BCUT2D eigenvalue weighted by Gasteiger charge is 2.44. The number of benzene rings is 1. The van der Waals surface area contributed by atoms with E-state index in [2.05, 4.69) is 17.0 Å². The van der Waals surface area contributed by atoms with Crippen molar-refractivity contribution in [2.24, 2.45) is 5.92 Å². The molecule has 1 aromatic rings. The van der Waals surface area contributed by atoms with Gasteiger partial charge in [0.05, 0.1) is 6.67 Å². The molecule has 4 amide bonds. The number of anilines is 1. The molecule has 1 aromatic carbocycles. The fourth-order valence-corrected chi connectivity index (χ4v) is 3.87. The first kappa shape index (κ1) is 20.3. The van der Waals surface area contributed by atoms with E-state index in [1.807, 2.05) is 37.9 Å². The average molecular weight is 386 g/mol. The molecule has 0 aromatic heterocycles. The highest BCUT2D eigenvalue weighted by atomic mass is 16.2. The Hall–Kier alpha value is -2.41. The number of rotatable bonds is 7. The Morgan fingerprint density at radius 2 is 1.61 bits per heavy atom. The van der Waals surface area contributed by atoms with Gasteiger partial charge in [-0.1, -0.05) is 32.0 Å². The van der Waals surface area contributed by atoms with Crippen LogP contribution in [0.3, 0.4) is 0 Å². The molecule has 0 atom stereocenters. The molecule has 152 valence electrons. The molecule has 2 aliphatic heterocycles. The Labute approximate surface area is 166 Å². The minimum absolute atomic E-state index is 0.104. The molecule has 0 saturated carbocycles. The van der Waals surface area contributed by atoms with E-state index in [-0.39, 0.29) is 19.1 Å². The van der Waals surface area contributed by atoms with Gasteiger partial charge in [0.15, 0.2) is 0 Å². The van der Waals surface area contributed by atoms with E-state index in [9.17, 15) is 14.4 Å².